The van der Waals surface area contributed by atoms with Gasteiger partial charge in [-0.05, 0) is 49.6 Å². The highest BCUT2D eigenvalue weighted by molar-refractivity contribution is 7.89. The Morgan fingerprint density at radius 1 is 1.12 bits per heavy atom. The molecule has 0 bridgehead atoms. The molecule has 0 aliphatic carbocycles. The lowest BCUT2D eigenvalue weighted by molar-refractivity contribution is 0.0953. The number of amides is 1. The quantitative estimate of drug-likeness (QED) is 0.558. The van der Waals surface area contributed by atoms with Gasteiger partial charge in [0, 0.05) is 38.8 Å². The number of nitrogens with zero attached hydrogens (tertiary/aromatic N) is 2. The molecule has 1 N–H and O–H groups in total. The van der Waals surface area contributed by atoms with Crippen LogP contribution in [-0.2, 0) is 10.0 Å². The maximum atomic E-state index is 13.9. The van der Waals surface area contributed by atoms with E-state index in [9.17, 15) is 17.6 Å². The summed E-state index contributed by atoms with van der Waals surface area (Å²) in [6.07, 6.45) is 4.27. The van der Waals surface area contributed by atoms with Gasteiger partial charge in [-0.25, -0.2) is 12.8 Å². The average molecular weight is 478 g/mol. The summed E-state index contributed by atoms with van der Waals surface area (Å²) in [4.78, 5) is 14.5. The smallest absolute Gasteiger partial charge is 0.251 e. The Morgan fingerprint density at radius 2 is 1.82 bits per heavy atom. The molecule has 0 aromatic heterocycles. The maximum Gasteiger partial charge on any atom is 0.251 e. The molecule has 2 aromatic carbocycles. The number of methoxy groups -OCH3 is 1. The van der Waals surface area contributed by atoms with Crippen molar-refractivity contribution in [1.82, 2.24) is 9.62 Å². The molecular weight excluding hydrogens is 445 g/mol. The van der Waals surface area contributed by atoms with Crippen molar-refractivity contribution in [3.63, 3.8) is 0 Å². The van der Waals surface area contributed by atoms with E-state index in [0.29, 0.717) is 38.3 Å². The van der Waals surface area contributed by atoms with Gasteiger partial charge < -0.3 is 15.0 Å². The minimum atomic E-state index is -3.77. The van der Waals surface area contributed by atoms with Gasteiger partial charge >= 0.3 is 0 Å². The van der Waals surface area contributed by atoms with Gasteiger partial charge in [-0.2, -0.15) is 4.31 Å². The normalized spacial score (nSPS) is 15.0. The minimum Gasteiger partial charge on any atom is -0.495 e. The average Bonchev–Trinajstić information content (AvgIpc) is 3.11. The van der Waals surface area contributed by atoms with Crippen molar-refractivity contribution in [3.05, 3.63) is 53.8 Å². The van der Waals surface area contributed by atoms with E-state index in [-0.39, 0.29) is 27.9 Å². The second-order valence-electron chi connectivity index (χ2n) is 8.17. The Bertz CT molecular complexity index is 1050. The zero-order valence-electron chi connectivity index (χ0n) is 19.2. The number of rotatable bonds is 9. The van der Waals surface area contributed by atoms with Crippen molar-refractivity contribution in [3.8, 4) is 5.75 Å². The van der Waals surface area contributed by atoms with Crippen LogP contribution in [0.25, 0.3) is 0 Å². The number of sulfonamides is 1. The minimum absolute atomic E-state index is 0.0128. The number of benzene rings is 2. The number of para-hydroxylation sites is 1. The second kappa shape index (κ2) is 11.5. The van der Waals surface area contributed by atoms with E-state index in [1.165, 1.54) is 29.6 Å². The lowest BCUT2D eigenvalue weighted by Crippen LogP contribution is -2.32. The summed E-state index contributed by atoms with van der Waals surface area (Å²) in [5, 5.41) is 2.82. The van der Waals surface area contributed by atoms with Crippen LogP contribution in [-0.4, -0.2) is 59.0 Å². The number of nitrogens with one attached hydrogen (secondary N) is 1. The third-order valence-corrected chi connectivity index (χ3v) is 7.75. The highest BCUT2D eigenvalue weighted by Gasteiger charge is 2.29. The molecule has 1 aliphatic heterocycles. The molecule has 1 saturated heterocycles. The van der Waals surface area contributed by atoms with Crippen molar-refractivity contribution in [1.29, 1.82) is 0 Å². The van der Waals surface area contributed by atoms with Crippen molar-refractivity contribution in [2.45, 2.75) is 37.0 Å². The molecule has 1 heterocycles. The van der Waals surface area contributed by atoms with E-state index in [2.05, 4.69) is 5.32 Å². The number of carbonyl (C=O) groups is 1. The van der Waals surface area contributed by atoms with Gasteiger partial charge in [0.25, 0.3) is 5.91 Å². The Kier molecular flexibility index (Phi) is 8.68. The van der Waals surface area contributed by atoms with E-state index < -0.39 is 10.0 Å². The molecule has 1 amide bonds. The zero-order valence-corrected chi connectivity index (χ0v) is 20.0. The number of anilines is 1. The Balaban J connectivity index is 1.64. The first-order chi connectivity index (χ1) is 15.8. The van der Waals surface area contributed by atoms with Crippen molar-refractivity contribution in [2.24, 2.45) is 0 Å². The first-order valence-corrected chi connectivity index (χ1v) is 12.7. The van der Waals surface area contributed by atoms with Gasteiger partial charge in [-0.15, -0.1) is 0 Å². The van der Waals surface area contributed by atoms with Gasteiger partial charge in [-0.3, -0.25) is 4.79 Å². The largest absolute Gasteiger partial charge is 0.495 e. The molecule has 180 valence electrons. The first-order valence-electron chi connectivity index (χ1n) is 11.3. The van der Waals surface area contributed by atoms with Crippen LogP contribution in [0.15, 0.2) is 47.4 Å². The summed E-state index contributed by atoms with van der Waals surface area (Å²) < 4.78 is 47.2. The summed E-state index contributed by atoms with van der Waals surface area (Å²) in [7, 11) is -0.555. The molecule has 0 unspecified atom stereocenters. The molecule has 33 heavy (non-hydrogen) atoms. The van der Waals surface area contributed by atoms with Gasteiger partial charge in [0.1, 0.15) is 16.5 Å². The maximum absolute atomic E-state index is 13.9. The van der Waals surface area contributed by atoms with Crippen molar-refractivity contribution in [2.75, 3.05) is 45.2 Å². The lowest BCUT2D eigenvalue weighted by atomic mass is 10.2. The van der Waals surface area contributed by atoms with E-state index in [1.54, 1.807) is 36.2 Å². The summed E-state index contributed by atoms with van der Waals surface area (Å²) in [5.74, 6) is -0.429. The summed E-state index contributed by atoms with van der Waals surface area (Å²) in [6.45, 7) is 1.87. The Hall–Kier alpha value is -2.65. The lowest BCUT2D eigenvalue weighted by Gasteiger charge is -2.22. The molecule has 0 saturated carbocycles. The Labute approximate surface area is 195 Å². The number of ether oxygens (including phenoxy) is 1. The standard InChI is InChI=1S/C24H32FN3O4S/c1-27(21-11-6-5-10-20(21)25)15-9-14-26-24(29)19-12-13-22(32-2)23(18-19)33(30,31)28-16-7-3-4-8-17-28/h5-6,10-13,18H,3-4,7-9,14-17H2,1-2H3,(H,26,29). The van der Waals surface area contributed by atoms with Crippen LogP contribution in [0.1, 0.15) is 42.5 Å². The summed E-state index contributed by atoms with van der Waals surface area (Å²) >= 11 is 0. The fraction of sp³-hybridized carbons (Fsp3) is 0.458. The summed E-state index contributed by atoms with van der Waals surface area (Å²) in [6, 6.07) is 11.0. The molecule has 0 radical (unpaired) electrons. The van der Waals surface area contributed by atoms with Crippen LogP contribution < -0.4 is 15.0 Å². The van der Waals surface area contributed by atoms with E-state index >= 15 is 0 Å². The molecular formula is C24H32FN3O4S. The van der Waals surface area contributed by atoms with Crippen LogP contribution in [0, 0.1) is 5.82 Å². The van der Waals surface area contributed by atoms with Gasteiger partial charge in [-0.1, -0.05) is 25.0 Å². The van der Waals surface area contributed by atoms with Gasteiger partial charge in [0.15, 0.2) is 0 Å². The predicted octanol–water partition coefficient (Wildman–Crippen LogP) is 3.66. The summed E-state index contributed by atoms with van der Waals surface area (Å²) in [5.41, 5.74) is 0.758. The molecule has 3 rings (SSSR count). The zero-order chi connectivity index (χ0) is 23.8. The van der Waals surface area contributed by atoms with Crippen LogP contribution in [0.4, 0.5) is 10.1 Å². The molecule has 7 nitrogen and oxygen atoms in total. The monoisotopic (exact) mass is 477 g/mol. The predicted molar refractivity (Wildman–Crippen MR) is 127 cm³/mol. The highest BCUT2D eigenvalue weighted by atomic mass is 32.2. The molecule has 2 aromatic rings. The number of hydrogen-bond donors (Lipinski definition) is 1. The fourth-order valence-corrected chi connectivity index (χ4v) is 5.64. The van der Waals surface area contributed by atoms with Crippen molar-refractivity contribution < 1.29 is 22.3 Å². The van der Waals surface area contributed by atoms with Gasteiger partial charge in [0.2, 0.25) is 10.0 Å². The van der Waals surface area contributed by atoms with Crippen molar-refractivity contribution >= 4 is 21.6 Å². The SMILES string of the molecule is COc1ccc(C(=O)NCCCN(C)c2ccccc2F)cc1S(=O)(=O)N1CCCCCC1. The first kappa shape index (κ1) is 25.0. The number of carbonyl (C=O) groups excluding carboxylic acids is 1. The van der Waals surface area contributed by atoms with E-state index in [4.69, 9.17) is 4.74 Å². The van der Waals surface area contributed by atoms with Crippen LogP contribution >= 0.6 is 0 Å². The van der Waals surface area contributed by atoms with E-state index in [0.717, 1.165) is 25.7 Å². The van der Waals surface area contributed by atoms with Crippen LogP contribution in [0.2, 0.25) is 0 Å². The molecule has 1 aliphatic rings. The van der Waals surface area contributed by atoms with Gasteiger partial charge in [0.05, 0.1) is 12.8 Å². The Morgan fingerprint density at radius 3 is 2.48 bits per heavy atom. The molecule has 9 heteroatoms. The van der Waals surface area contributed by atoms with E-state index in [1.807, 2.05) is 0 Å². The highest BCUT2D eigenvalue weighted by Crippen LogP contribution is 2.29. The van der Waals surface area contributed by atoms with Crippen LogP contribution in [0.5, 0.6) is 5.75 Å². The second-order valence-corrected chi connectivity index (χ2v) is 10.1. The molecule has 1 fully saturated rings. The van der Waals surface area contributed by atoms with Crippen LogP contribution in [0.3, 0.4) is 0 Å². The number of hydrogen-bond acceptors (Lipinski definition) is 5. The third kappa shape index (κ3) is 6.23. The number of halogens is 1. The fourth-order valence-electron chi connectivity index (χ4n) is 3.94. The molecule has 0 spiro atoms. The topological polar surface area (TPSA) is 79.0 Å². The third-order valence-electron chi connectivity index (χ3n) is 5.83. The molecule has 0 atom stereocenters.